The number of hydrogen-bond acceptors (Lipinski definition) is 14. The van der Waals surface area contributed by atoms with Crippen LogP contribution in [-0.4, -0.2) is 104 Å². The first-order chi connectivity index (χ1) is 23.9. The van der Waals surface area contributed by atoms with E-state index in [-0.39, 0.29) is 125 Å². The van der Waals surface area contributed by atoms with Gasteiger partial charge in [0.2, 0.25) is 9.84 Å². The number of aromatic hydroxyl groups is 2. The van der Waals surface area contributed by atoms with Crippen LogP contribution in [0.3, 0.4) is 0 Å². The Kier molecular flexibility index (Phi) is 12.4. The topological polar surface area (TPSA) is 285 Å². The first-order valence-electron chi connectivity index (χ1n) is 14.3. The average molecular weight is 795 g/mol. The molecule has 0 fully saturated rings. The number of benzene rings is 6. The molecule has 0 aliphatic heterocycles. The van der Waals surface area contributed by atoms with Crippen LogP contribution in [-0.2, 0) is 30.1 Å². The van der Waals surface area contributed by atoms with Crippen molar-refractivity contribution >= 4 is 145 Å². The predicted octanol–water partition coefficient (Wildman–Crippen LogP) is 5.96. The summed E-state index contributed by atoms with van der Waals surface area (Å²) in [5.74, 6) is -1.08. The fourth-order valence-corrected chi connectivity index (χ4v) is 7.53. The summed E-state index contributed by atoms with van der Waals surface area (Å²) in [5.41, 5.74) is 12.4. The zero-order valence-corrected chi connectivity index (χ0v) is 34.1. The van der Waals surface area contributed by atoms with Crippen LogP contribution >= 0.6 is 0 Å². The molecule has 6 rings (SSSR count). The monoisotopic (exact) mass is 794 g/mol. The molecule has 6 aromatic rings. The summed E-state index contributed by atoms with van der Waals surface area (Å²) in [5, 5.41) is 38.0. The average Bonchev–Trinajstić information content (AvgIpc) is 3.07. The van der Waals surface area contributed by atoms with Gasteiger partial charge in [-0.1, -0.05) is 24.3 Å². The van der Waals surface area contributed by atoms with Gasteiger partial charge >= 0.3 is 0 Å². The Balaban J connectivity index is 0.00000314. The van der Waals surface area contributed by atoms with Crippen LogP contribution < -0.4 is 11.5 Å². The molecule has 0 saturated carbocycles. The van der Waals surface area contributed by atoms with Crippen molar-refractivity contribution in [3.63, 3.8) is 0 Å². The van der Waals surface area contributed by atoms with Gasteiger partial charge in [0.1, 0.15) is 22.9 Å². The number of nitrogens with zero attached hydrogens (tertiary/aromatic N) is 4. The largest absolute Gasteiger partial charge is 0.507 e. The molecule has 8 N–H and O–H groups in total. The van der Waals surface area contributed by atoms with Crippen LogP contribution in [0.5, 0.6) is 11.5 Å². The Hall–Kier alpha value is -3.99. The Labute approximate surface area is 346 Å². The SMILES string of the molecule is Nc1ccc2cc(S(=O)(=O)O)cc(O)c2c1N=Nc1cccc(S(=O)(=O)c2cccc(N=Nc3c(N)ccc4cc(S(=O)(=O)O)cc(O)c34)c2)c1.[Na].[Na]. The number of azo groups is 2. The second kappa shape index (κ2) is 15.8. The third-order valence-electron chi connectivity index (χ3n) is 7.53. The van der Waals surface area contributed by atoms with Gasteiger partial charge in [-0.05, 0) is 71.4 Å². The first-order valence-corrected chi connectivity index (χ1v) is 18.6. The summed E-state index contributed by atoms with van der Waals surface area (Å²) >= 11 is 0. The van der Waals surface area contributed by atoms with Crippen LogP contribution in [0.25, 0.3) is 21.5 Å². The van der Waals surface area contributed by atoms with Crippen molar-refractivity contribution in [3.05, 3.63) is 97.1 Å². The second-order valence-electron chi connectivity index (χ2n) is 10.9. The second-order valence-corrected chi connectivity index (χ2v) is 15.7. The Morgan fingerprint density at radius 1 is 0.472 bits per heavy atom. The van der Waals surface area contributed by atoms with Crippen LogP contribution in [0, 0.1) is 0 Å². The van der Waals surface area contributed by atoms with Gasteiger partial charge in [0.15, 0.2) is 0 Å². The Bertz CT molecular complexity index is 2650. The number of nitrogens with two attached hydrogens (primary N) is 2. The number of phenolic OH excluding ortho intramolecular Hbond substituents is 2. The van der Waals surface area contributed by atoms with Crippen molar-refractivity contribution in [3.8, 4) is 11.5 Å². The van der Waals surface area contributed by atoms with Crippen molar-refractivity contribution in [1.29, 1.82) is 0 Å². The van der Waals surface area contributed by atoms with Crippen molar-refractivity contribution in [2.24, 2.45) is 20.5 Å². The van der Waals surface area contributed by atoms with Crippen LogP contribution in [0.2, 0.25) is 0 Å². The molecule has 0 unspecified atom stereocenters. The van der Waals surface area contributed by atoms with E-state index in [1.165, 1.54) is 72.8 Å². The molecule has 0 spiro atoms. The normalized spacial score (nSPS) is 12.3. The fourth-order valence-electron chi connectivity index (χ4n) is 5.12. The van der Waals surface area contributed by atoms with Crippen LogP contribution in [0.1, 0.15) is 0 Å². The quantitative estimate of drug-likeness (QED) is 0.0450. The van der Waals surface area contributed by atoms with Gasteiger partial charge in [-0.15, -0.1) is 10.2 Å². The molecule has 2 radical (unpaired) electrons. The number of nitrogen functional groups attached to an aromatic ring is 2. The number of anilines is 2. The molecule has 0 aromatic heterocycles. The zero-order chi connectivity index (χ0) is 36.9. The standard InChI is InChI=1S/C32H24N6O10S3.2Na/c33-25-9-7-17-11-23(50(43,44)45)15-27(39)29(17)31(25)37-35-19-3-1-5-21(13-19)49(41,42)22-6-2-4-20(14-22)36-38-32-26(34)10-8-18-12-24(51(46,47)48)16-28(40)30(18)32;;/h1-16,39-40H,33-34H2,(H,43,44,45)(H,46,47,48);;. The van der Waals surface area contributed by atoms with E-state index in [1.807, 2.05) is 0 Å². The van der Waals surface area contributed by atoms with Crippen LogP contribution in [0.4, 0.5) is 34.1 Å². The molecule has 16 nitrogen and oxygen atoms in total. The zero-order valence-electron chi connectivity index (χ0n) is 27.6. The molecule has 0 aliphatic carbocycles. The third kappa shape index (κ3) is 8.71. The van der Waals surface area contributed by atoms with Gasteiger partial charge in [-0.25, -0.2) is 8.42 Å². The van der Waals surface area contributed by atoms with Gasteiger partial charge < -0.3 is 21.7 Å². The van der Waals surface area contributed by atoms with Crippen molar-refractivity contribution < 1.29 is 44.6 Å². The summed E-state index contributed by atoms with van der Waals surface area (Å²) < 4.78 is 92.5. The minimum atomic E-state index is -4.62. The van der Waals surface area contributed by atoms with E-state index in [1.54, 1.807) is 0 Å². The fraction of sp³-hybridized carbons (Fsp3) is 0. The smallest absolute Gasteiger partial charge is 0.294 e. The first kappa shape index (κ1) is 41.8. The molecule has 0 aliphatic rings. The summed E-state index contributed by atoms with van der Waals surface area (Å²) in [6, 6.07) is 20.5. The molecule has 6 aromatic carbocycles. The van der Waals surface area contributed by atoms with Crippen molar-refractivity contribution in [2.75, 3.05) is 11.5 Å². The summed E-state index contributed by atoms with van der Waals surface area (Å²) in [4.78, 5) is -1.43. The Morgan fingerprint density at radius 3 is 1.21 bits per heavy atom. The van der Waals surface area contributed by atoms with E-state index in [9.17, 15) is 44.6 Å². The molecule has 0 atom stereocenters. The Morgan fingerprint density at radius 2 is 0.849 bits per heavy atom. The minimum absolute atomic E-state index is 0. The number of phenols is 2. The molecule has 262 valence electrons. The number of fused-ring (bicyclic) bond motifs is 2. The number of rotatable bonds is 8. The van der Waals surface area contributed by atoms with E-state index in [0.29, 0.717) is 0 Å². The maximum atomic E-state index is 13.7. The molecular weight excluding hydrogens is 771 g/mol. The maximum absolute atomic E-state index is 13.7. The van der Waals surface area contributed by atoms with Gasteiger partial charge in [0, 0.05) is 71.2 Å². The molecule has 21 heteroatoms. The predicted molar refractivity (Wildman–Crippen MR) is 198 cm³/mol. The third-order valence-corrected chi connectivity index (χ3v) is 10.9. The van der Waals surface area contributed by atoms with Crippen molar-refractivity contribution in [2.45, 2.75) is 19.6 Å². The number of hydrogen-bond donors (Lipinski definition) is 6. The summed E-state index contributed by atoms with van der Waals surface area (Å²) in [6.45, 7) is 0. The molecule has 0 bridgehead atoms. The molecular formula is C32H24N6Na2O10S3. The summed E-state index contributed by atoms with van der Waals surface area (Å²) in [7, 11) is -13.4. The molecule has 0 heterocycles. The van der Waals surface area contributed by atoms with E-state index >= 15 is 0 Å². The maximum Gasteiger partial charge on any atom is 0.294 e. The van der Waals surface area contributed by atoms with E-state index < -0.39 is 51.4 Å². The van der Waals surface area contributed by atoms with E-state index in [4.69, 9.17) is 11.5 Å². The molecule has 0 amide bonds. The van der Waals surface area contributed by atoms with Gasteiger partial charge in [-0.2, -0.15) is 27.1 Å². The molecule has 0 saturated heterocycles. The van der Waals surface area contributed by atoms with E-state index in [0.717, 1.165) is 24.3 Å². The molecule has 53 heavy (non-hydrogen) atoms. The van der Waals surface area contributed by atoms with Gasteiger partial charge in [0.05, 0.1) is 53.1 Å². The minimum Gasteiger partial charge on any atom is -0.507 e. The van der Waals surface area contributed by atoms with E-state index in [2.05, 4.69) is 20.5 Å². The van der Waals surface area contributed by atoms with Gasteiger partial charge in [-0.3, -0.25) is 9.11 Å². The summed E-state index contributed by atoms with van der Waals surface area (Å²) in [6.07, 6.45) is 0. The number of sulfone groups is 1. The van der Waals surface area contributed by atoms with Crippen LogP contribution in [0.15, 0.2) is 137 Å². The van der Waals surface area contributed by atoms with Gasteiger partial charge in [0.25, 0.3) is 20.2 Å². The van der Waals surface area contributed by atoms with Crippen molar-refractivity contribution in [1.82, 2.24) is 0 Å².